The van der Waals surface area contributed by atoms with Gasteiger partial charge in [-0.3, -0.25) is 4.68 Å². The summed E-state index contributed by atoms with van der Waals surface area (Å²) in [6.45, 7) is 7.57. The Balaban J connectivity index is 2.47. The van der Waals surface area contributed by atoms with E-state index in [4.69, 9.17) is 4.74 Å². The average Bonchev–Trinajstić information content (AvgIpc) is 3.01. The molecule has 1 unspecified atom stereocenters. The van der Waals surface area contributed by atoms with E-state index in [9.17, 15) is 22.7 Å². The Morgan fingerprint density at radius 1 is 1.27 bits per heavy atom. The predicted molar refractivity (Wildman–Crippen MR) is 109 cm³/mol. The average molecular weight is 426 g/mol. The van der Waals surface area contributed by atoms with E-state index >= 15 is 0 Å². The summed E-state index contributed by atoms with van der Waals surface area (Å²) in [6, 6.07) is 3.65. The number of rotatable bonds is 8. The Bertz CT molecular complexity index is 932. The minimum Gasteiger partial charge on any atom is -0.496 e. The van der Waals surface area contributed by atoms with Gasteiger partial charge in [-0.1, -0.05) is 32.6 Å². The van der Waals surface area contributed by atoms with Crippen LogP contribution in [0.5, 0.6) is 5.75 Å². The van der Waals surface area contributed by atoms with Crippen molar-refractivity contribution < 1.29 is 27.4 Å². The van der Waals surface area contributed by atoms with Crippen molar-refractivity contribution in [1.29, 1.82) is 0 Å². The predicted octanol–water partition coefficient (Wildman–Crippen LogP) is 5.37. The van der Waals surface area contributed by atoms with Gasteiger partial charge in [0.25, 0.3) is 0 Å². The Labute approximate surface area is 173 Å². The van der Waals surface area contributed by atoms with Crippen molar-refractivity contribution in [3.8, 4) is 5.75 Å². The fraction of sp³-hybridized carbons (Fsp3) is 0.409. The zero-order valence-corrected chi connectivity index (χ0v) is 17.4. The molecule has 30 heavy (non-hydrogen) atoms. The van der Waals surface area contributed by atoms with Gasteiger partial charge in [-0.25, -0.2) is 4.39 Å². The fourth-order valence-corrected chi connectivity index (χ4v) is 3.55. The standard InChI is InChI=1S/C22H26F4N2O2/c1-6-8-15-12-28(27-18(15)7-2)14-21(29,22(24,25)26)13-20(3,4)17-11-16(23)9-10-19(17)30-5/h6-12,29H,2,13-14H2,1,3-5H3. The van der Waals surface area contributed by atoms with Gasteiger partial charge < -0.3 is 9.84 Å². The molecule has 8 heteroatoms. The van der Waals surface area contributed by atoms with Crippen LogP contribution in [0.1, 0.15) is 44.0 Å². The Morgan fingerprint density at radius 2 is 1.93 bits per heavy atom. The van der Waals surface area contributed by atoms with Crippen LogP contribution in [0.3, 0.4) is 0 Å². The van der Waals surface area contributed by atoms with Gasteiger partial charge in [0.15, 0.2) is 5.60 Å². The molecule has 1 aromatic heterocycles. The van der Waals surface area contributed by atoms with E-state index in [1.54, 1.807) is 19.1 Å². The number of aromatic nitrogens is 2. The summed E-state index contributed by atoms with van der Waals surface area (Å²) in [7, 11) is 1.35. The SMILES string of the molecule is C=Cc1nn(CC(O)(CC(C)(C)c2cc(F)ccc2OC)C(F)(F)F)cc1C=CC. The first-order chi connectivity index (χ1) is 13.9. The minimum absolute atomic E-state index is 0.231. The van der Waals surface area contributed by atoms with E-state index < -0.39 is 36.0 Å². The smallest absolute Gasteiger partial charge is 0.419 e. The van der Waals surface area contributed by atoms with Crippen LogP contribution in [0, 0.1) is 5.82 Å². The molecule has 1 aromatic carbocycles. The topological polar surface area (TPSA) is 47.3 Å². The zero-order valence-electron chi connectivity index (χ0n) is 17.4. The second-order valence-corrected chi connectivity index (χ2v) is 7.81. The highest BCUT2D eigenvalue weighted by Crippen LogP contribution is 2.44. The van der Waals surface area contributed by atoms with Crippen molar-refractivity contribution in [3.63, 3.8) is 0 Å². The van der Waals surface area contributed by atoms with Crippen LogP contribution in [-0.4, -0.2) is 33.8 Å². The summed E-state index contributed by atoms with van der Waals surface area (Å²) < 4.78 is 62.1. The second-order valence-electron chi connectivity index (χ2n) is 7.81. The summed E-state index contributed by atoms with van der Waals surface area (Å²) in [6.07, 6.45) is 0.583. The highest BCUT2D eigenvalue weighted by molar-refractivity contribution is 5.60. The third-order valence-corrected chi connectivity index (χ3v) is 4.94. The molecule has 2 rings (SSSR count). The van der Waals surface area contributed by atoms with Crippen LogP contribution in [0.4, 0.5) is 17.6 Å². The van der Waals surface area contributed by atoms with Crippen molar-refractivity contribution in [2.75, 3.05) is 7.11 Å². The molecular weight excluding hydrogens is 400 g/mol. The van der Waals surface area contributed by atoms with E-state index in [2.05, 4.69) is 11.7 Å². The largest absolute Gasteiger partial charge is 0.496 e. The van der Waals surface area contributed by atoms with Gasteiger partial charge in [0.1, 0.15) is 11.6 Å². The molecule has 0 saturated heterocycles. The first-order valence-corrected chi connectivity index (χ1v) is 9.32. The Hall–Kier alpha value is -2.61. The second kappa shape index (κ2) is 8.63. The molecule has 1 N–H and O–H groups in total. The summed E-state index contributed by atoms with van der Waals surface area (Å²) in [5, 5.41) is 14.9. The molecule has 0 amide bonds. The minimum atomic E-state index is -4.95. The number of methoxy groups -OCH3 is 1. The monoisotopic (exact) mass is 426 g/mol. The van der Waals surface area contributed by atoms with Crippen LogP contribution >= 0.6 is 0 Å². The van der Waals surface area contributed by atoms with Crippen molar-refractivity contribution in [2.45, 2.75) is 50.9 Å². The molecular formula is C22H26F4N2O2. The van der Waals surface area contributed by atoms with Crippen LogP contribution in [0.15, 0.2) is 37.1 Å². The molecule has 0 fully saturated rings. The van der Waals surface area contributed by atoms with Crippen molar-refractivity contribution in [1.82, 2.24) is 9.78 Å². The van der Waals surface area contributed by atoms with Crippen LogP contribution in [-0.2, 0) is 12.0 Å². The van der Waals surface area contributed by atoms with Gasteiger partial charge in [0.05, 0.1) is 19.3 Å². The lowest BCUT2D eigenvalue weighted by atomic mass is 9.74. The molecule has 1 atom stereocenters. The number of ether oxygens (including phenoxy) is 1. The maximum Gasteiger partial charge on any atom is 0.419 e. The van der Waals surface area contributed by atoms with Crippen molar-refractivity contribution in [3.05, 3.63) is 59.7 Å². The van der Waals surface area contributed by atoms with Crippen LogP contribution in [0.2, 0.25) is 0 Å². The van der Waals surface area contributed by atoms with Crippen molar-refractivity contribution >= 4 is 12.2 Å². The first-order valence-electron chi connectivity index (χ1n) is 9.32. The van der Waals surface area contributed by atoms with Crippen LogP contribution in [0.25, 0.3) is 12.2 Å². The summed E-state index contributed by atoms with van der Waals surface area (Å²) in [5.74, 6) is -0.359. The zero-order chi connectivity index (χ0) is 22.7. The molecule has 0 aliphatic heterocycles. The lowest BCUT2D eigenvalue weighted by molar-refractivity contribution is -0.272. The lowest BCUT2D eigenvalue weighted by Crippen LogP contribution is -2.52. The Morgan fingerprint density at radius 3 is 2.47 bits per heavy atom. The van der Waals surface area contributed by atoms with E-state index in [0.29, 0.717) is 11.3 Å². The number of nitrogens with zero attached hydrogens (tertiary/aromatic N) is 2. The number of aliphatic hydroxyl groups is 1. The molecule has 0 aliphatic rings. The highest BCUT2D eigenvalue weighted by Gasteiger charge is 2.56. The fourth-order valence-electron chi connectivity index (χ4n) is 3.55. The van der Waals surface area contributed by atoms with Crippen molar-refractivity contribution in [2.24, 2.45) is 0 Å². The van der Waals surface area contributed by atoms with E-state index in [0.717, 1.165) is 16.8 Å². The summed E-state index contributed by atoms with van der Waals surface area (Å²) in [4.78, 5) is 0. The third-order valence-electron chi connectivity index (χ3n) is 4.94. The Kier molecular flexibility index (Phi) is 6.81. The molecule has 2 aromatic rings. The van der Waals surface area contributed by atoms with Crippen LogP contribution < -0.4 is 4.74 Å². The first kappa shape index (κ1) is 23.7. The van der Waals surface area contributed by atoms with Gasteiger partial charge in [0, 0.05) is 17.3 Å². The third kappa shape index (κ3) is 4.92. The number of hydrogen-bond donors (Lipinski definition) is 1. The maximum atomic E-state index is 14.0. The highest BCUT2D eigenvalue weighted by atomic mass is 19.4. The molecule has 4 nitrogen and oxygen atoms in total. The quantitative estimate of drug-likeness (QED) is 0.578. The molecule has 0 aliphatic carbocycles. The van der Waals surface area contributed by atoms with Gasteiger partial charge >= 0.3 is 6.18 Å². The molecule has 1 heterocycles. The molecule has 0 saturated carbocycles. The number of alkyl halides is 3. The summed E-state index contributed by atoms with van der Waals surface area (Å²) in [5.41, 5.74) is -3.16. The molecule has 0 radical (unpaired) electrons. The molecule has 0 bridgehead atoms. The van der Waals surface area contributed by atoms with E-state index in [1.165, 1.54) is 39.3 Å². The number of hydrogen-bond acceptors (Lipinski definition) is 3. The maximum absolute atomic E-state index is 14.0. The molecule has 0 spiro atoms. The van der Waals surface area contributed by atoms with Gasteiger partial charge in [-0.2, -0.15) is 18.3 Å². The number of allylic oxidation sites excluding steroid dienone is 1. The van der Waals surface area contributed by atoms with Gasteiger partial charge in [-0.15, -0.1) is 0 Å². The van der Waals surface area contributed by atoms with E-state index in [-0.39, 0.29) is 11.3 Å². The number of halogens is 4. The normalized spacial score (nSPS) is 14.7. The number of benzene rings is 1. The lowest BCUT2D eigenvalue weighted by Gasteiger charge is -2.38. The van der Waals surface area contributed by atoms with E-state index in [1.807, 2.05) is 0 Å². The molecule has 164 valence electrons. The van der Waals surface area contributed by atoms with Gasteiger partial charge in [0.2, 0.25) is 0 Å². The van der Waals surface area contributed by atoms with Gasteiger partial charge in [-0.05, 0) is 43.0 Å². The summed E-state index contributed by atoms with van der Waals surface area (Å²) >= 11 is 0.